The van der Waals surface area contributed by atoms with E-state index in [0.717, 1.165) is 0 Å². The Morgan fingerprint density at radius 1 is 1.19 bits per heavy atom. The molecule has 0 aromatic carbocycles. The van der Waals surface area contributed by atoms with Gasteiger partial charge in [0, 0.05) is 19.2 Å². The van der Waals surface area contributed by atoms with Gasteiger partial charge in [-0.1, -0.05) is 20.8 Å². The number of hydrogen-bond donors (Lipinski definition) is 1. The minimum Gasteiger partial charge on any atom is -0.465 e. The summed E-state index contributed by atoms with van der Waals surface area (Å²) in [5.41, 5.74) is -1.04. The Hall–Kier alpha value is -1.10. The minimum atomic E-state index is -1.89. The van der Waals surface area contributed by atoms with E-state index in [0.29, 0.717) is 19.4 Å². The van der Waals surface area contributed by atoms with Crippen molar-refractivity contribution in [2.75, 3.05) is 20.3 Å². The summed E-state index contributed by atoms with van der Waals surface area (Å²) in [6, 6.07) is 2.26. The zero-order valence-electron chi connectivity index (χ0n) is 19.0. The molecule has 0 aliphatic carbocycles. The largest absolute Gasteiger partial charge is 0.465 e. The first-order valence-electron chi connectivity index (χ1n) is 9.58. The van der Waals surface area contributed by atoms with Gasteiger partial charge in [-0.3, -0.25) is 0 Å². The highest BCUT2D eigenvalue weighted by molar-refractivity contribution is 6.74. The Kier molecular flexibility index (Phi) is 9.01. The van der Waals surface area contributed by atoms with Gasteiger partial charge in [0.2, 0.25) is 0 Å². The van der Waals surface area contributed by atoms with E-state index in [9.17, 15) is 15.2 Å². The quantitative estimate of drug-likeness (QED) is 0.544. The number of amides is 1. The van der Waals surface area contributed by atoms with Crippen molar-refractivity contribution in [2.24, 2.45) is 5.92 Å². The van der Waals surface area contributed by atoms with Crippen LogP contribution in [-0.4, -0.2) is 55.8 Å². The Morgan fingerprint density at radius 2 is 1.70 bits per heavy atom. The fourth-order valence-electron chi connectivity index (χ4n) is 2.32. The number of nitriles is 1. The van der Waals surface area contributed by atoms with Crippen LogP contribution in [0.25, 0.3) is 0 Å². The Bertz CT molecular complexity index is 532. The molecule has 1 amide bonds. The van der Waals surface area contributed by atoms with Crippen LogP contribution >= 0.6 is 0 Å². The van der Waals surface area contributed by atoms with E-state index < -0.39 is 25.6 Å². The van der Waals surface area contributed by atoms with E-state index >= 15 is 0 Å². The van der Waals surface area contributed by atoms with Crippen molar-refractivity contribution in [1.82, 2.24) is 4.90 Å². The molecule has 0 radical (unpaired) electrons. The van der Waals surface area contributed by atoms with Gasteiger partial charge < -0.3 is 19.2 Å². The standard InChI is InChI=1S/C20H40N2O4Si/c1-18(2,3)22(17(23)24)14-16(13-21)11-12-20(7,25-8)15-26-27(9,10)19(4,5)6/h16H,11-12,14-15H2,1-10H3,(H,23,24). The zero-order chi connectivity index (χ0) is 21.7. The van der Waals surface area contributed by atoms with Gasteiger partial charge >= 0.3 is 6.09 Å². The summed E-state index contributed by atoms with van der Waals surface area (Å²) in [5, 5.41) is 19.1. The Balaban J connectivity index is 4.99. The van der Waals surface area contributed by atoms with Crippen molar-refractivity contribution in [3.63, 3.8) is 0 Å². The van der Waals surface area contributed by atoms with Gasteiger partial charge in [-0.25, -0.2) is 4.79 Å². The highest BCUT2D eigenvalue weighted by Crippen LogP contribution is 2.37. The molecule has 0 bridgehead atoms. The molecule has 0 heterocycles. The molecular weight excluding hydrogens is 360 g/mol. The second kappa shape index (κ2) is 9.40. The van der Waals surface area contributed by atoms with Crippen LogP contribution in [0.15, 0.2) is 0 Å². The van der Waals surface area contributed by atoms with Crippen LogP contribution in [0, 0.1) is 17.2 Å². The van der Waals surface area contributed by atoms with Crippen LogP contribution in [0.4, 0.5) is 4.79 Å². The number of carbonyl (C=O) groups is 1. The number of rotatable bonds is 9. The highest BCUT2D eigenvalue weighted by Gasteiger charge is 2.39. The third-order valence-electron chi connectivity index (χ3n) is 5.69. The van der Waals surface area contributed by atoms with Gasteiger partial charge in [0.25, 0.3) is 0 Å². The van der Waals surface area contributed by atoms with Gasteiger partial charge in [-0.2, -0.15) is 5.26 Å². The van der Waals surface area contributed by atoms with Gasteiger partial charge in [0.05, 0.1) is 24.2 Å². The van der Waals surface area contributed by atoms with Crippen LogP contribution in [0.3, 0.4) is 0 Å². The van der Waals surface area contributed by atoms with E-state index in [-0.39, 0.29) is 17.5 Å². The molecule has 0 aromatic rings. The molecule has 1 N–H and O–H groups in total. The van der Waals surface area contributed by atoms with Crippen LogP contribution in [0.1, 0.15) is 61.3 Å². The smallest absolute Gasteiger partial charge is 0.407 e. The molecule has 27 heavy (non-hydrogen) atoms. The van der Waals surface area contributed by atoms with Gasteiger partial charge in [-0.05, 0) is 58.7 Å². The lowest BCUT2D eigenvalue weighted by atomic mass is 9.93. The molecule has 7 heteroatoms. The van der Waals surface area contributed by atoms with Gasteiger partial charge in [-0.15, -0.1) is 0 Å². The van der Waals surface area contributed by atoms with Crippen molar-refractivity contribution < 1.29 is 19.1 Å². The first-order chi connectivity index (χ1) is 12.0. The predicted molar refractivity (Wildman–Crippen MR) is 111 cm³/mol. The maximum absolute atomic E-state index is 11.5. The third kappa shape index (κ3) is 8.20. The van der Waals surface area contributed by atoms with Crippen LogP contribution in [0.5, 0.6) is 0 Å². The number of nitrogens with zero attached hydrogens (tertiary/aromatic N) is 2. The Morgan fingerprint density at radius 3 is 2.04 bits per heavy atom. The monoisotopic (exact) mass is 400 g/mol. The summed E-state index contributed by atoms with van der Waals surface area (Å²) in [4.78, 5) is 12.9. The second-order valence-electron chi connectivity index (χ2n) is 10.1. The van der Waals surface area contributed by atoms with Crippen molar-refractivity contribution in [3.05, 3.63) is 0 Å². The molecule has 6 nitrogen and oxygen atoms in total. The number of methoxy groups -OCH3 is 1. The van der Waals surface area contributed by atoms with Crippen molar-refractivity contribution in [1.29, 1.82) is 5.26 Å². The van der Waals surface area contributed by atoms with Gasteiger partial charge in [0.1, 0.15) is 0 Å². The topological polar surface area (TPSA) is 82.8 Å². The van der Waals surface area contributed by atoms with E-state index in [4.69, 9.17) is 9.16 Å². The minimum absolute atomic E-state index is 0.117. The summed E-state index contributed by atoms with van der Waals surface area (Å²) < 4.78 is 12.0. The molecule has 0 aliphatic heterocycles. The first kappa shape index (κ1) is 25.9. The summed E-state index contributed by atoms with van der Waals surface area (Å²) in [6.07, 6.45) is 0.189. The first-order valence-corrected chi connectivity index (χ1v) is 12.5. The van der Waals surface area contributed by atoms with Crippen LogP contribution < -0.4 is 0 Å². The molecular formula is C20H40N2O4Si. The lowest BCUT2D eigenvalue weighted by molar-refractivity contribution is -0.0427. The fourth-order valence-corrected chi connectivity index (χ4v) is 3.42. The second-order valence-corrected chi connectivity index (χ2v) is 14.9. The number of hydrogen-bond acceptors (Lipinski definition) is 4. The normalized spacial score (nSPS) is 16.3. The molecule has 0 saturated carbocycles. The zero-order valence-corrected chi connectivity index (χ0v) is 20.0. The van der Waals surface area contributed by atoms with Crippen molar-refractivity contribution in [3.8, 4) is 6.07 Å². The average molecular weight is 401 g/mol. The molecule has 0 rings (SSSR count). The third-order valence-corrected chi connectivity index (χ3v) is 10.2. The lowest BCUT2D eigenvalue weighted by Crippen LogP contribution is -2.48. The SMILES string of the molecule is COC(C)(CCC(C#N)CN(C(=O)O)C(C)(C)C)CO[Si](C)(C)C(C)(C)C. The molecule has 0 fully saturated rings. The summed E-state index contributed by atoms with van der Waals surface area (Å²) in [6.45, 7) is 19.2. The van der Waals surface area contributed by atoms with Crippen LogP contribution in [0.2, 0.25) is 18.1 Å². The van der Waals surface area contributed by atoms with Crippen LogP contribution in [-0.2, 0) is 9.16 Å². The summed E-state index contributed by atoms with van der Waals surface area (Å²) in [7, 11) is -0.231. The van der Waals surface area contributed by atoms with Gasteiger partial charge in [0.15, 0.2) is 8.32 Å². The fraction of sp³-hybridized carbons (Fsp3) is 0.900. The molecule has 0 spiro atoms. The molecule has 158 valence electrons. The maximum Gasteiger partial charge on any atom is 0.407 e. The highest BCUT2D eigenvalue weighted by atomic mass is 28.4. The molecule has 2 unspecified atom stereocenters. The average Bonchev–Trinajstić information content (AvgIpc) is 2.50. The number of carboxylic acid groups (broad SMARTS) is 1. The van der Waals surface area contributed by atoms with Crippen molar-refractivity contribution >= 4 is 14.4 Å². The van der Waals surface area contributed by atoms with E-state index in [1.54, 1.807) is 7.11 Å². The molecule has 0 aliphatic rings. The molecule has 0 saturated heterocycles. The van der Waals surface area contributed by atoms with E-state index in [1.807, 2.05) is 27.7 Å². The number of ether oxygens (including phenoxy) is 1. The Labute approximate surface area is 167 Å². The lowest BCUT2D eigenvalue weighted by Gasteiger charge is -2.40. The van der Waals surface area contributed by atoms with E-state index in [1.165, 1.54) is 4.90 Å². The summed E-state index contributed by atoms with van der Waals surface area (Å²) in [5.74, 6) is -0.386. The van der Waals surface area contributed by atoms with E-state index in [2.05, 4.69) is 39.9 Å². The predicted octanol–water partition coefficient (Wildman–Crippen LogP) is 5.11. The summed E-state index contributed by atoms with van der Waals surface area (Å²) >= 11 is 0. The molecule has 2 atom stereocenters. The maximum atomic E-state index is 11.5. The molecule has 0 aromatic heterocycles. The van der Waals surface area contributed by atoms with Crippen molar-refractivity contribution in [2.45, 2.75) is 90.6 Å².